The van der Waals surface area contributed by atoms with Crippen LogP contribution < -0.4 is 20.2 Å². The number of benzene rings is 13. The van der Waals surface area contributed by atoms with Crippen LogP contribution in [0, 0.1) is 0 Å². The summed E-state index contributed by atoms with van der Waals surface area (Å²) >= 11 is 0. The molecule has 0 saturated carbocycles. The average Bonchev–Trinajstić information content (AvgIpc) is 2.49. The Hall–Kier alpha value is -11.5. The molecule has 0 aliphatic heterocycles. The van der Waals surface area contributed by atoms with E-state index in [0.717, 1.165) is 101 Å². The van der Waals surface area contributed by atoms with Gasteiger partial charge >= 0.3 is 0 Å². The third kappa shape index (κ3) is 10.9. The minimum Gasteiger partial charge on any atom is -0.506 e. The van der Waals surface area contributed by atoms with Gasteiger partial charge in [0.15, 0.2) is 11.5 Å². The summed E-state index contributed by atoms with van der Waals surface area (Å²) in [4.78, 5) is 6.21. The molecule has 0 amide bonds. The summed E-state index contributed by atoms with van der Waals surface area (Å²) in [7, 11) is 1.49. The molecule has 4 N–H and O–H groups in total. The molecule has 13 aromatic carbocycles. The van der Waals surface area contributed by atoms with Crippen LogP contribution in [-0.2, 0) is 0 Å². The molecule has 0 heterocycles. The van der Waals surface area contributed by atoms with Crippen molar-refractivity contribution in [3.05, 3.63) is 315 Å². The predicted octanol–water partition coefficient (Wildman–Crippen LogP) is 19.2. The largest absolute Gasteiger partial charge is 0.506 e. The second-order valence-corrected chi connectivity index (χ2v) is 21.2. The van der Waals surface area contributed by atoms with Crippen molar-refractivity contribution in [2.75, 3.05) is 14.7 Å². The Morgan fingerprint density at radius 1 is 0.174 bits per heavy atom. The second-order valence-electron chi connectivity index (χ2n) is 21.2. The SMILES string of the molecule is Bc1c(O)c(O)c(O)c(N(c2ccc(-c3ccc(N(c4ccc(-c5ccccc5)cc4)c4ccc(-c5ccccc5)cc4)cc3)cc2)c2ccc(-c3ccc(N(c4ccc(-c5ccccc5)cc4)c4ccc(-c5ccccc5)cc4)cc3)cc2)c1O. The first-order chi connectivity index (χ1) is 42.2. The van der Waals surface area contributed by atoms with Crippen molar-refractivity contribution in [1.82, 2.24) is 0 Å². The quantitative estimate of drug-likeness (QED) is 0.0462. The van der Waals surface area contributed by atoms with E-state index in [1.165, 1.54) is 7.85 Å². The Bertz CT molecular complexity index is 3970. The number of rotatable bonds is 15. The lowest BCUT2D eigenvalue weighted by atomic mass is 9.91. The maximum Gasteiger partial charge on any atom is 0.202 e. The molecule has 8 heteroatoms. The normalized spacial score (nSPS) is 11.0. The van der Waals surface area contributed by atoms with Gasteiger partial charge in [0.1, 0.15) is 19.3 Å². The summed E-state index contributed by atoms with van der Waals surface area (Å²) < 4.78 is 0. The van der Waals surface area contributed by atoms with Gasteiger partial charge in [0, 0.05) is 45.5 Å². The molecular formula is C78H58BN3O4. The van der Waals surface area contributed by atoms with Crippen LogP contribution in [0.1, 0.15) is 0 Å². The van der Waals surface area contributed by atoms with E-state index < -0.39 is 17.2 Å². The van der Waals surface area contributed by atoms with Crippen molar-refractivity contribution in [3.8, 4) is 89.8 Å². The molecule has 0 aliphatic carbocycles. The Morgan fingerprint density at radius 3 is 0.547 bits per heavy atom. The number of hydrogen-bond donors (Lipinski definition) is 4. The summed E-state index contributed by atoms with van der Waals surface area (Å²) in [6.45, 7) is 0. The Labute approximate surface area is 502 Å². The molecule has 0 spiro atoms. The van der Waals surface area contributed by atoms with Crippen LogP contribution in [0.5, 0.6) is 23.0 Å². The Morgan fingerprint density at radius 2 is 0.349 bits per heavy atom. The molecule has 86 heavy (non-hydrogen) atoms. The second kappa shape index (κ2) is 23.8. The summed E-state index contributed by atoms with van der Waals surface area (Å²) in [5.41, 5.74) is 20.2. The van der Waals surface area contributed by atoms with E-state index in [-0.39, 0.29) is 16.9 Å². The van der Waals surface area contributed by atoms with Crippen LogP contribution in [0.3, 0.4) is 0 Å². The Kier molecular flexibility index (Phi) is 14.9. The molecule has 0 aliphatic rings. The van der Waals surface area contributed by atoms with Crippen LogP contribution >= 0.6 is 0 Å². The Balaban J connectivity index is 0.799. The first-order valence-electron chi connectivity index (χ1n) is 28.6. The summed E-state index contributed by atoms with van der Waals surface area (Å²) in [5.74, 6) is -2.36. The topological polar surface area (TPSA) is 90.6 Å². The first kappa shape index (κ1) is 53.8. The van der Waals surface area contributed by atoms with Gasteiger partial charge < -0.3 is 35.1 Å². The third-order valence-electron chi connectivity index (χ3n) is 15.9. The summed E-state index contributed by atoms with van der Waals surface area (Å²) in [6, 6.07) is 109. The van der Waals surface area contributed by atoms with E-state index >= 15 is 0 Å². The average molecular weight is 1110 g/mol. The zero-order chi connectivity index (χ0) is 58.5. The number of phenols is 4. The zero-order valence-corrected chi connectivity index (χ0v) is 47.2. The van der Waals surface area contributed by atoms with Gasteiger partial charge in [-0.2, -0.15) is 0 Å². The molecule has 0 fully saturated rings. The number of hydrogen-bond acceptors (Lipinski definition) is 7. The number of anilines is 9. The lowest BCUT2D eigenvalue weighted by Crippen LogP contribution is -2.15. The van der Waals surface area contributed by atoms with Crippen molar-refractivity contribution in [3.63, 3.8) is 0 Å². The molecule has 13 rings (SSSR count). The van der Waals surface area contributed by atoms with E-state index in [1.54, 1.807) is 4.90 Å². The summed E-state index contributed by atoms with van der Waals surface area (Å²) in [6.07, 6.45) is 0. The highest BCUT2D eigenvalue weighted by atomic mass is 16.3. The van der Waals surface area contributed by atoms with Crippen molar-refractivity contribution < 1.29 is 20.4 Å². The fraction of sp³-hybridized carbons (Fsp3) is 0. The standard InChI is InChI=1S/C78H58BN3O4/c79-73-75(83)74(77(85)78(86)76(73)84)82(71-49-33-63(34-50-71)61-29-45-69(46-30-61)80(65-37-21-57(22-38-65)53-13-5-1-6-14-53)66-39-23-58(24-40-66)54-15-7-2-8-16-54)72-51-35-64(36-52-72)62-31-47-70(48-32-62)81(67-41-25-59(26-42-67)55-17-9-3-10-18-55)68-43-27-60(28-44-68)56-19-11-4-12-20-56/h1-52,83-86H,79H2. The number of nitrogens with zero attached hydrogens (tertiary/aromatic N) is 3. The molecule has 0 atom stereocenters. The smallest absolute Gasteiger partial charge is 0.202 e. The fourth-order valence-electron chi connectivity index (χ4n) is 11.3. The lowest BCUT2D eigenvalue weighted by Gasteiger charge is -2.28. The molecule has 0 saturated heterocycles. The predicted molar refractivity (Wildman–Crippen MR) is 358 cm³/mol. The molecular weight excluding hydrogens is 1050 g/mol. The maximum atomic E-state index is 11.7. The fourth-order valence-corrected chi connectivity index (χ4v) is 11.3. The van der Waals surface area contributed by atoms with Crippen molar-refractivity contribution in [2.45, 2.75) is 0 Å². The first-order valence-corrected chi connectivity index (χ1v) is 28.6. The van der Waals surface area contributed by atoms with Gasteiger partial charge in [0.2, 0.25) is 5.75 Å². The van der Waals surface area contributed by atoms with Crippen LogP contribution in [0.2, 0.25) is 0 Å². The van der Waals surface area contributed by atoms with Crippen molar-refractivity contribution >= 4 is 64.5 Å². The van der Waals surface area contributed by atoms with E-state index in [9.17, 15) is 20.4 Å². The van der Waals surface area contributed by atoms with Gasteiger partial charge in [-0.1, -0.05) is 218 Å². The van der Waals surface area contributed by atoms with Gasteiger partial charge in [-0.3, -0.25) is 0 Å². The monoisotopic (exact) mass is 1110 g/mol. The van der Waals surface area contributed by atoms with Gasteiger partial charge in [0.25, 0.3) is 0 Å². The van der Waals surface area contributed by atoms with Crippen LogP contribution in [0.15, 0.2) is 315 Å². The van der Waals surface area contributed by atoms with Crippen molar-refractivity contribution in [1.29, 1.82) is 0 Å². The van der Waals surface area contributed by atoms with Crippen LogP contribution in [-0.4, -0.2) is 28.3 Å². The summed E-state index contributed by atoms with van der Waals surface area (Å²) in [5, 5.41) is 45.0. The number of phenolic OH excluding ortho intramolecular Hbond substituents is 4. The molecule has 412 valence electrons. The van der Waals surface area contributed by atoms with E-state index in [4.69, 9.17) is 0 Å². The molecule has 0 bridgehead atoms. The maximum absolute atomic E-state index is 11.7. The molecule has 13 aromatic rings. The molecule has 0 unspecified atom stereocenters. The van der Waals surface area contributed by atoms with Gasteiger partial charge in [-0.25, -0.2) is 0 Å². The van der Waals surface area contributed by atoms with Crippen molar-refractivity contribution in [2.24, 2.45) is 0 Å². The van der Waals surface area contributed by atoms with E-state index in [0.29, 0.717) is 11.4 Å². The molecule has 0 aromatic heterocycles. The zero-order valence-electron chi connectivity index (χ0n) is 47.2. The minimum absolute atomic E-state index is 0.0235. The third-order valence-corrected chi connectivity index (χ3v) is 15.9. The van der Waals surface area contributed by atoms with E-state index in [2.05, 4.69) is 252 Å². The van der Waals surface area contributed by atoms with Gasteiger partial charge in [-0.15, -0.1) is 0 Å². The number of aromatic hydroxyl groups is 4. The minimum atomic E-state index is -0.727. The van der Waals surface area contributed by atoms with E-state index in [1.807, 2.05) is 72.8 Å². The van der Waals surface area contributed by atoms with Crippen LogP contribution in [0.4, 0.5) is 51.2 Å². The molecule has 7 nitrogen and oxygen atoms in total. The van der Waals surface area contributed by atoms with Gasteiger partial charge in [-0.05, 0) is 169 Å². The highest BCUT2D eigenvalue weighted by Crippen LogP contribution is 2.52. The van der Waals surface area contributed by atoms with Crippen LogP contribution in [0.25, 0.3) is 66.8 Å². The highest BCUT2D eigenvalue weighted by Gasteiger charge is 2.28. The van der Waals surface area contributed by atoms with Gasteiger partial charge in [0.05, 0.1) is 0 Å². The highest BCUT2D eigenvalue weighted by molar-refractivity contribution is 6.37. The lowest BCUT2D eigenvalue weighted by molar-refractivity contribution is 0.365. The molecule has 0 radical (unpaired) electrons.